The van der Waals surface area contributed by atoms with E-state index in [0.29, 0.717) is 16.5 Å². The molecule has 0 N–H and O–H groups in total. The number of alkyl halides is 3. The second kappa shape index (κ2) is 2.32. The molecule has 0 bridgehead atoms. The summed E-state index contributed by atoms with van der Waals surface area (Å²) in [5.74, 6) is 0. The molecular formula is C5H4F3N3S. The minimum Gasteiger partial charge on any atom is -0.343 e. The van der Waals surface area contributed by atoms with E-state index in [2.05, 4.69) is 10.2 Å². The molecule has 7 heteroatoms. The van der Waals surface area contributed by atoms with E-state index >= 15 is 0 Å². The van der Waals surface area contributed by atoms with Gasteiger partial charge in [-0.1, -0.05) is 11.3 Å². The standard InChI is InChI=1S/C5H4F3N3S/c6-5(7,8)3-9-10-4(12-3)11-1-2-11/h1-2H2. The average molecular weight is 195 g/mol. The van der Waals surface area contributed by atoms with Crippen LogP contribution in [0.4, 0.5) is 18.3 Å². The fourth-order valence-corrected chi connectivity index (χ4v) is 1.46. The van der Waals surface area contributed by atoms with E-state index in [9.17, 15) is 13.2 Å². The molecule has 0 aliphatic carbocycles. The number of nitrogens with zero attached hydrogens (tertiary/aromatic N) is 3. The predicted octanol–water partition coefficient (Wildman–Crippen LogP) is 1.38. The minimum absolute atomic E-state index is 0.363. The van der Waals surface area contributed by atoms with Gasteiger partial charge in [-0.15, -0.1) is 10.2 Å². The van der Waals surface area contributed by atoms with E-state index in [1.54, 1.807) is 4.90 Å². The first-order chi connectivity index (χ1) is 5.57. The molecule has 1 aliphatic rings. The van der Waals surface area contributed by atoms with Crippen LogP contribution in [0.15, 0.2) is 0 Å². The summed E-state index contributed by atoms with van der Waals surface area (Å²) in [7, 11) is 0. The summed E-state index contributed by atoms with van der Waals surface area (Å²) in [4.78, 5) is 1.73. The second-order valence-electron chi connectivity index (χ2n) is 2.37. The minimum atomic E-state index is -4.36. The summed E-state index contributed by atoms with van der Waals surface area (Å²) >= 11 is 0.589. The molecular weight excluding hydrogens is 191 g/mol. The highest BCUT2D eigenvalue weighted by atomic mass is 32.1. The van der Waals surface area contributed by atoms with Crippen LogP contribution >= 0.6 is 11.3 Å². The van der Waals surface area contributed by atoms with Crippen LogP contribution in [0.2, 0.25) is 0 Å². The van der Waals surface area contributed by atoms with Gasteiger partial charge in [0.1, 0.15) is 0 Å². The van der Waals surface area contributed by atoms with Gasteiger partial charge in [-0.2, -0.15) is 13.2 Å². The van der Waals surface area contributed by atoms with Gasteiger partial charge in [-0.05, 0) is 0 Å². The third-order valence-electron chi connectivity index (χ3n) is 1.37. The Morgan fingerprint density at radius 3 is 2.33 bits per heavy atom. The Bertz CT molecular complexity index is 290. The van der Waals surface area contributed by atoms with Crippen LogP contribution < -0.4 is 4.90 Å². The van der Waals surface area contributed by atoms with Crippen LogP contribution in [-0.4, -0.2) is 23.3 Å². The highest BCUT2D eigenvalue weighted by Crippen LogP contribution is 2.35. The van der Waals surface area contributed by atoms with Crippen molar-refractivity contribution in [3.8, 4) is 0 Å². The van der Waals surface area contributed by atoms with Gasteiger partial charge in [0.2, 0.25) is 10.1 Å². The van der Waals surface area contributed by atoms with E-state index in [1.165, 1.54) is 0 Å². The SMILES string of the molecule is FC(F)(F)c1nnc(N2CC2)s1. The monoisotopic (exact) mass is 195 g/mol. The van der Waals surface area contributed by atoms with Gasteiger partial charge < -0.3 is 4.90 Å². The quantitative estimate of drug-likeness (QED) is 0.634. The van der Waals surface area contributed by atoms with Crippen LogP contribution in [0.25, 0.3) is 0 Å². The summed E-state index contributed by atoms with van der Waals surface area (Å²) in [6.45, 7) is 1.57. The molecule has 2 rings (SSSR count). The van der Waals surface area contributed by atoms with Crippen LogP contribution in [0, 0.1) is 0 Å². The number of halogens is 3. The Hall–Kier alpha value is -0.850. The fourth-order valence-electron chi connectivity index (χ4n) is 0.699. The van der Waals surface area contributed by atoms with Gasteiger partial charge in [0.25, 0.3) is 0 Å². The number of hydrogen-bond donors (Lipinski definition) is 0. The number of rotatable bonds is 1. The molecule has 66 valence electrons. The largest absolute Gasteiger partial charge is 0.445 e. The van der Waals surface area contributed by atoms with Gasteiger partial charge in [0, 0.05) is 13.1 Å². The average Bonchev–Trinajstić information content (AvgIpc) is 2.66. The maximum Gasteiger partial charge on any atom is 0.445 e. The van der Waals surface area contributed by atoms with E-state index in [1.807, 2.05) is 0 Å². The Balaban J connectivity index is 2.23. The zero-order valence-electron chi connectivity index (χ0n) is 5.80. The van der Waals surface area contributed by atoms with Gasteiger partial charge in [0.15, 0.2) is 0 Å². The fraction of sp³-hybridized carbons (Fsp3) is 0.600. The van der Waals surface area contributed by atoms with Gasteiger partial charge >= 0.3 is 6.18 Å². The van der Waals surface area contributed by atoms with Crippen molar-refractivity contribution in [3.05, 3.63) is 5.01 Å². The molecule has 0 atom stereocenters. The van der Waals surface area contributed by atoms with Crippen molar-refractivity contribution >= 4 is 16.5 Å². The molecule has 1 aromatic rings. The third-order valence-corrected chi connectivity index (χ3v) is 2.40. The summed E-state index contributed by atoms with van der Waals surface area (Å²) in [5.41, 5.74) is 0. The number of anilines is 1. The maximum absolute atomic E-state index is 12.0. The van der Waals surface area contributed by atoms with E-state index < -0.39 is 11.2 Å². The topological polar surface area (TPSA) is 28.8 Å². The summed E-state index contributed by atoms with van der Waals surface area (Å²) in [6, 6.07) is 0. The molecule has 0 spiro atoms. The summed E-state index contributed by atoms with van der Waals surface area (Å²) in [5, 5.41) is 5.96. The number of aromatic nitrogens is 2. The molecule has 3 nitrogen and oxygen atoms in total. The molecule has 0 unspecified atom stereocenters. The molecule has 0 aromatic carbocycles. The van der Waals surface area contributed by atoms with Crippen LogP contribution in [0.1, 0.15) is 5.01 Å². The molecule has 1 saturated heterocycles. The van der Waals surface area contributed by atoms with Crippen molar-refractivity contribution in [2.24, 2.45) is 0 Å². The van der Waals surface area contributed by atoms with Crippen LogP contribution in [0.3, 0.4) is 0 Å². The third kappa shape index (κ3) is 1.36. The summed E-state index contributed by atoms with van der Waals surface area (Å²) in [6.07, 6.45) is -4.36. The zero-order chi connectivity index (χ0) is 8.77. The normalized spacial score (nSPS) is 16.8. The predicted molar refractivity (Wildman–Crippen MR) is 37.1 cm³/mol. The first-order valence-corrected chi connectivity index (χ1v) is 4.04. The molecule has 0 amide bonds. The molecule has 0 radical (unpaired) electrons. The van der Waals surface area contributed by atoms with E-state index in [0.717, 1.165) is 13.1 Å². The van der Waals surface area contributed by atoms with Gasteiger partial charge in [-0.3, -0.25) is 0 Å². The molecule has 1 fully saturated rings. The smallest absolute Gasteiger partial charge is 0.343 e. The van der Waals surface area contributed by atoms with E-state index in [-0.39, 0.29) is 0 Å². The molecule has 1 aromatic heterocycles. The van der Waals surface area contributed by atoms with Gasteiger partial charge in [-0.25, -0.2) is 0 Å². The van der Waals surface area contributed by atoms with Crippen molar-refractivity contribution in [3.63, 3.8) is 0 Å². The van der Waals surface area contributed by atoms with Crippen molar-refractivity contribution in [1.82, 2.24) is 10.2 Å². The lowest BCUT2D eigenvalue weighted by Gasteiger charge is -1.97. The number of hydrogen-bond acceptors (Lipinski definition) is 4. The first-order valence-electron chi connectivity index (χ1n) is 3.23. The second-order valence-corrected chi connectivity index (χ2v) is 3.33. The summed E-state index contributed by atoms with van der Waals surface area (Å²) < 4.78 is 35.9. The maximum atomic E-state index is 12.0. The lowest BCUT2D eigenvalue weighted by molar-refractivity contribution is -0.138. The van der Waals surface area contributed by atoms with Crippen molar-refractivity contribution in [2.45, 2.75) is 6.18 Å². The Kier molecular flexibility index (Phi) is 1.50. The Morgan fingerprint density at radius 1 is 1.25 bits per heavy atom. The highest BCUT2D eigenvalue weighted by Gasteiger charge is 2.37. The lowest BCUT2D eigenvalue weighted by Crippen LogP contribution is -2.03. The van der Waals surface area contributed by atoms with Crippen molar-refractivity contribution in [1.29, 1.82) is 0 Å². The van der Waals surface area contributed by atoms with Crippen LogP contribution in [0.5, 0.6) is 0 Å². The van der Waals surface area contributed by atoms with Crippen molar-refractivity contribution < 1.29 is 13.2 Å². The first kappa shape index (κ1) is 7.78. The molecule has 2 heterocycles. The lowest BCUT2D eigenvalue weighted by atomic mass is 10.7. The highest BCUT2D eigenvalue weighted by molar-refractivity contribution is 7.15. The Morgan fingerprint density at radius 2 is 1.92 bits per heavy atom. The van der Waals surface area contributed by atoms with E-state index in [4.69, 9.17) is 0 Å². The van der Waals surface area contributed by atoms with Crippen molar-refractivity contribution in [2.75, 3.05) is 18.0 Å². The zero-order valence-corrected chi connectivity index (χ0v) is 6.61. The van der Waals surface area contributed by atoms with Crippen LogP contribution in [-0.2, 0) is 6.18 Å². The molecule has 0 saturated carbocycles. The molecule has 12 heavy (non-hydrogen) atoms. The molecule has 1 aliphatic heterocycles. The van der Waals surface area contributed by atoms with Gasteiger partial charge in [0.05, 0.1) is 0 Å². The Labute approximate surface area is 69.8 Å².